The highest BCUT2D eigenvalue weighted by atomic mass is 35.5. The van der Waals surface area contributed by atoms with Crippen LogP contribution in [0.3, 0.4) is 0 Å². The number of hydrogen-bond donors (Lipinski definition) is 0. The summed E-state index contributed by atoms with van der Waals surface area (Å²) in [5.41, 5.74) is 2.00. The number of likely N-dealkylation sites (tertiary alicyclic amines) is 1. The summed E-state index contributed by atoms with van der Waals surface area (Å²) in [6.07, 6.45) is 1.57. The molecular formula is C22H19Cl2N3O2. The second-order valence-electron chi connectivity index (χ2n) is 6.83. The molecule has 1 aliphatic rings. The highest BCUT2D eigenvalue weighted by molar-refractivity contribution is 6.31. The first kappa shape index (κ1) is 19.7. The zero-order valence-electron chi connectivity index (χ0n) is 15.6. The van der Waals surface area contributed by atoms with E-state index in [2.05, 4.69) is 10.2 Å². The molecule has 0 bridgehead atoms. The topological polar surface area (TPSA) is 55.3 Å². The van der Waals surface area contributed by atoms with Crippen molar-refractivity contribution in [1.29, 1.82) is 0 Å². The van der Waals surface area contributed by atoms with Gasteiger partial charge < -0.3 is 9.64 Å². The van der Waals surface area contributed by atoms with Gasteiger partial charge in [-0.15, -0.1) is 10.2 Å². The standard InChI is InChI=1S/C22H19Cl2N3O2/c23-16-9-7-15(8-10-16)21(17-5-1-2-6-18(17)24)29-20-12-11-19(25-26-20)22(28)27-13-3-4-14-27/h1-2,5-12,21H,3-4,13-14H2/t21-/m0/s1. The van der Waals surface area contributed by atoms with E-state index < -0.39 is 6.10 Å². The first-order valence-corrected chi connectivity index (χ1v) is 10.2. The van der Waals surface area contributed by atoms with Crippen LogP contribution in [0.15, 0.2) is 60.7 Å². The predicted molar refractivity (Wildman–Crippen MR) is 113 cm³/mol. The summed E-state index contributed by atoms with van der Waals surface area (Å²) < 4.78 is 6.14. The zero-order valence-corrected chi connectivity index (χ0v) is 17.1. The van der Waals surface area contributed by atoms with E-state index in [1.165, 1.54) is 0 Å². The van der Waals surface area contributed by atoms with E-state index >= 15 is 0 Å². The van der Waals surface area contributed by atoms with Gasteiger partial charge in [-0.1, -0.05) is 53.5 Å². The number of hydrogen-bond acceptors (Lipinski definition) is 4. The maximum Gasteiger partial charge on any atom is 0.274 e. The minimum Gasteiger partial charge on any atom is -0.463 e. The molecule has 4 rings (SSSR count). The summed E-state index contributed by atoms with van der Waals surface area (Å²) in [6, 6.07) is 18.2. The summed E-state index contributed by atoms with van der Waals surface area (Å²) in [4.78, 5) is 14.2. The summed E-state index contributed by atoms with van der Waals surface area (Å²) in [5, 5.41) is 9.42. The number of nitrogens with zero attached hydrogens (tertiary/aromatic N) is 3. The Hall–Kier alpha value is -2.63. The van der Waals surface area contributed by atoms with Crippen molar-refractivity contribution in [2.24, 2.45) is 0 Å². The van der Waals surface area contributed by atoms with Crippen LogP contribution in [0, 0.1) is 0 Å². The maximum atomic E-state index is 12.5. The number of aromatic nitrogens is 2. The summed E-state index contributed by atoms with van der Waals surface area (Å²) >= 11 is 12.4. The molecule has 1 saturated heterocycles. The molecule has 3 aromatic rings. The molecule has 1 fully saturated rings. The van der Waals surface area contributed by atoms with Crippen molar-refractivity contribution in [2.75, 3.05) is 13.1 Å². The lowest BCUT2D eigenvalue weighted by molar-refractivity contribution is 0.0785. The zero-order chi connectivity index (χ0) is 20.2. The number of carbonyl (C=O) groups is 1. The lowest BCUT2D eigenvalue weighted by Gasteiger charge is -2.20. The molecule has 29 heavy (non-hydrogen) atoms. The second-order valence-corrected chi connectivity index (χ2v) is 7.67. The number of rotatable bonds is 5. The monoisotopic (exact) mass is 427 g/mol. The number of benzene rings is 2. The van der Waals surface area contributed by atoms with Crippen LogP contribution in [0.2, 0.25) is 10.0 Å². The molecule has 1 aliphatic heterocycles. The molecule has 1 amide bonds. The quantitative estimate of drug-likeness (QED) is 0.562. The molecule has 0 spiro atoms. The lowest BCUT2D eigenvalue weighted by Crippen LogP contribution is -2.28. The SMILES string of the molecule is O=C(c1ccc(O[C@@H](c2ccc(Cl)cc2)c2ccccc2Cl)nn1)N1CCCC1. The van der Waals surface area contributed by atoms with Crippen molar-refractivity contribution >= 4 is 29.1 Å². The normalized spacial score (nSPS) is 14.6. The predicted octanol–water partition coefficient (Wildman–Crippen LogP) is 5.19. The number of ether oxygens (including phenoxy) is 1. The average Bonchev–Trinajstić information content (AvgIpc) is 3.28. The Morgan fingerprint density at radius 3 is 2.31 bits per heavy atom. The Kier molecular flexibility index (Phi) is 5.97. The fourth-order valence-corrected chi connectivity index (χ4v) is 3.70. The van der Waals surface area contributed by atoms with Crippen molar-refractivity contribution in [1.82, 2.24) is 15.1 Å². The lowest BCUT2D eigenvalue weighted by atomic mass is 10.0. The summed E-state index contributed by atoms with van der Waals surface area (Å²) in [7, 11) is 0. The Morgan fingerprint density at radius 1 is 0.931 bits per heavy atom. The van der Waals surface area contributed by atoms with Gasteiger partial charge in [0.05, 0.1) is 0 Å². The molecule has 7 heteroatoms. The van der Waals surface area contributed by atoms with Gasteiger partial charge in [0.25, 0.3) is 5.91 Å². The molecule has 148 valence electrons. The fraction of sp³-hybridized carbons (Fsp3) is 0.227. The third kappa shape index (κ3) is 4.52. The molecule has 1 aromatic heterocycles. The van der Waals surface area contributed by atoms with E-state index in [0.29, 0.717) is 21.6 Å². The van der Waals surface area contributed by atoms with E-state index in [1.807, 2.05) is 36.4 Å². The Balaban J connectivity index is 1.60. The highest BCUT2D eigenvalue weighted by Gasteiger charge is 2.23. The van der Waals surface area contributed by atoms with Crippen LogP contribution in [-0.4, -0.2) is 34.1 Å². The number of halogens is 2. The van der Waals surface area contributed by atoms with E-state index in [-0.39, 0.29) is 5.91 Å². The molecule has 5 nitrogen and oxygen atoms in total. The van der Waals surface area contributed by atoms with Crippen LogP contribution in [0.4, 0.5) is 0 Å². The van der Waals surface area contributed by atoms with Crippen LogP contribution in [-0.2, 0) is 0 Å². The first-order chi connectivity index (χ1) is 14.1. The van der Waals surface area contributed by atoms with Gasteiger partial charge in [0.15, 0.2) is 11.8 Å². The Morgan fingerprint density at radius 2 is 1.66 bits per heavy atom. The molecule has 0 aliphatic carbocycles. The van der Waals surface area contributed by atoms with Crippen molar-refractivity contribution in [3.8, 4) is 5.88 Å². The van der Waals surface area contributed by atoms with E-state index in [0.717, 1.165) is 37.1 Å². The van der Waals surface area contributed by atoms with Gasteiger partial charge >= 0.3 is 0 Å². The van der Waals surface area contributed by atoms with Gasteiger partial charge in [0, 0.05) is 34.8 Å². The minimum absolute atomic E-state index is 0.0955. The molecule has 0 saturated carbocycles. The number of amides is 1. The molecule has 0 radical (unpaired) electrons. The maximum absolute atomic E-state index is 12.5. The molecule has 2 heterocycles. The molecule has 0 N–H and O–H groups in total. The summed E-state index contributed by atoms with van der Waals surface area (Å²) in [5.74, 6) is 0.213. The molecule has 2 aromatic carbocycles. The Bertz CT molecular complexity index is 988. The highest BCUT2D eigenvalue weighted by Crippen LogP contribution is 2.32. The van der Waals surface area contributed by atoms with Crippen LogP contribution >= 0.6 is 23.2 Å². The third-order valence-corrected chi connectivity index (χ3v) is 5.45. The van der Waals surface area contributed by atoms with Crippen molar-refractivity contribution in [3.05, 3.63) is 87.5 Å². The number of carbonyl (C=O) groups excluding carboxylic acids is 1. The van der Waals surface area contributed by atoms with Gasteiger partial charge in [0.1, 0.15) is 0 Å². The minimum atomic E-state index is -0.490. The first-order valence-electron chi connectivity index (χ1n) is 9.41. The fourth-order valence-electron chi connectivity index (χ4n) is 3.34. The van der Waals surface area contributed by atoms with Crippen molar-refractivity contribution in [3.63, 3.8) is 0 Å². The molecular weight excluding hydrogens is 409 g/mol. The smallest absolute Gasteiger partial charge is 0.274 e. The average molecular weight is 428 g/mol. The van der Waals surface area contributed by atoms with E-state index in [9.17, 15) is 4.79 Å². The third-order valence-electron chi connectivity index (χ3n) is 4.85. The molecule has 1 atom stereocenters. The second kappa shape index (κ2) is 8.80. The van der Waals surface area contributed by atoms with Crippen LogP contribution in [0.5, 0.6) is 5.88 Å². The van der Waals surface area contributed by atoms with Gasteiger partial charge in [-0.2, -0.15) is 0 Å². The van der Waals surface area contributed by atoms with E-state index in [1.54, 1.807) is 29.2 Å². The Labute approximate surface area is 179 Å². The van der Waals surface area contributed by atoms with Gasteiger partial charge in [-0.05, 0) is 42.7 Å². The molecule has 0 unspecified atom stereocenters. The van der Waals surface area contributed by atoms with Gasteiger partial charge in [-0.3, -0.25) is 4.79 Å². The van der Waals surface area contributed by atoms with Gasteiger partial charge in [0.2, 0.25) is 5.88 Å². The summed E-state index contributed by atoms with van der Waals surface area (Å²) in [6.45, 7) is 1.54. The van der Waals surface area contributed by atoms with Gasteiger partial charge in [-0.25, -0.2) is 0 Å². The van der Waals surface area contributed by atoms with Crippen molar-refractivity contribution in [2.45, 2.75) is 18.9 Å². The van der Waals surface area contributed by atoms with E-state index in [4.69, 9.17) is 27.9 Å². The van der Waals surface area contributed by atoms with Crippen molar-refractivity contribution < 1.29 is 9.53 Å². The van der Waals surface area contributed by atoms with Crippen LogP contribution in [0.25, 0.3) is 0 Å². The van der Waals surface area contributed by atoms with Crippen LogP contribution < -0.4 is 4.74 Å². The van der Waals surface area contributed by atoms with Crippen LogP contribution in [0.1, 0.15) is 40.6 Å². The largest absolute Gasteiger partial charge is 0.463 e.